The molecule has 1 aliphatic heterocycles. The van der Waals surface area contributed by atoms with Crippen LogP contribution in [0.15, 0.2) is 24.5 Å². The lowest BCUT2D eigenvalue weighted by atomic mass is 9.97. The molecule has 0 bridgehead atoms. The number of hydrogen-bond donors (Lipinski definition) is 2. The maximum Gasteiger partial charge on any atom is 0.321 e. The van der Waals surface area contributed by atoms with E-state index in [2.05, 4.69) is 25.8 Å². The Bertz CT molecular complexity index is 633. The lowest BCUT2D eigenvalue weighted by Gasteiger charge is -2.32. The molecule has 8 heteroatoms. The third kappa shape index (κ3) is 3.58. The fourth-order valence-corrected chi connectivity index (χ4v) is 3.05. The molecule has 2 amide bonds. The van der Waals surface area contributed by atoms with E-state index in [4.69, 9.17) is 4.74 Å². The van der Waals surface area contributed by atoms with Crippen LogP contribution in [0.2, 0.25) is 0 Å². The molecule has 2 aromatic rings. The Balaban J connectivity index is 1.65. The number of urea groups is 1. The summed E-state index contributed by atoms with van der Waals surface area (Å²) in [6.07, 6.45) is 5.10. The average Bonchev–Trinajstić information content (AvgIpc) is 2.93. The molecular weight excluding hydrogens is 302 g/mol. The predicted octanol–water partition coefficient (Wildman–Crippen LogP) is 2.28. The van der Waals surface area contributed by atoms with Crippen molar-refractivity contribution in [1.29, 1.82) is 0 Å². The maximum absolute atomic E-state index is 12.1. The van der Waals surface area contributed by atoms with Crippen molar-refractivity contribution >= 4 is 22.5 Å². The largest absolute Gasteiger partial charge is 0.371 e. The van der Waals surface area contributed by atoms with E-state index in [1.54, 1.807) is 12.4 Å². The van der Waals surface area contributed by atoms with Crippen LogP contribution in [0, 0.1) is 6.92 Å². The number of carbonyl (C=O) groups is 1. The molecule has 2 N–H and O–H groups in total. The van der Waals surface area contributed by atoms with Crippen molar-refractivity contribution in [1.82, 2.24) is 20.5 Å². The molecule has 2 atom stereocenters. The highest BCUT2D eigenvalue weighted by atomic mass is 32.1. The Kier molecular flexibility index (Phi) is 4.59. The van der Waals surface area contributed by atoms with Gasteiger partial charge in [0.2, 0.25) is 5.13 Å². The molecule has 2 aromatic heterocycles. The second-order valence-electron chi connectivity index (χ2n) is 5.05. The van der Waals surface area contributed by atoms with Gasteiger partial charge in [-0.15, -0.1) is 10.2 Å². The van der Waals surface area contributed by atoms with Crippen LogP contribution >= 0.6 is 11.3 Å². The molecule has 7 nitrogen and oxygen atoms in total. The summed E-state index contributed by atoms with van der Waals surface area (Å²) in [6.45, 7) is 2.54. The Labute approximate surface area is 132 Å². The number of anilines is 1. The molecule has 116 valence electrons. The van der Waals surface area contributed by atoms with Crippen LogP contribution < -0.4 is 10.6 Å². The van der Waals surface area contributed by atoms with Gasteiger partial charge in [-0.25, -0.2) is 4.79 Å². The fraction of sp³-hybridized carbons (Fsp3) is 0.429. The summed E-state index contributed by atoms with van der Waals surface area (Å²) >= 11 is 1.34. The van der Waals surface area contributed by atoms with Crippen molar-refractivity contribution in [3.63, 3.8) is 0 Å². The summed E-state index contributed by atoms with van der Waals surface area (Å²) in [5.74, 6) is 0. The SMILES string of the molecule is Cc1nnc(NC(=O)N[C@H]2CCCO[C@@H]2c2ccncc2)s1. The molecule has 0 aliphatic carbocycles. The van der Waals surface area contributed by atoms with E-state index in [1.807, 2.05) is 19.1 Å². The minimum atomic E-state index is -0.286. The molecular formula is C14H17N5O2S. The first-order valence-corrected chi connectivity index (χ1v) is 7.93. The second kappa shape index (κ2) is 6.80. The minimum absolute atomic E-state index is 0.0785. The lowest BCUT2D eigenvalue weighted by Crippen LogP contribution is -2.44. The van der Waals surface area contributed by atoms with E-state index < -0.39 is 0 Å². The normalized spacial score (nSPS) is 21.3. The zero-order chi connectivity index (χ0) is 15.4. The summed E-state index contributed by atoms with van der Waals surface area (Å²) < 4.78 is 5.84. The Morgan fingerprint density at radius 1 is 1.36 bits per heavy atom. The highest BCUT2D eigenvalue weighted by Gasteiger charge is 2.28. The molecule has 3 heterocycles. The Morgan fingerprint density at radius 3 is 2.91 bits per heavy atom. The molecule has 1 saturated heterocycles. The van der Waals surface area contributed by atoms with Gasteiger partial charge in [0.25, 0.3) is 0 Å². The average molecular weight is 319 g/mol. The molecule has 0 spiro atoms. The van der Waals surface area contributed by atoms with Crippen molar-refractivity contribution in [2.24, 2.45) is 0 Å². The van der Waals surface area contributed by atoms with Crippen LogP contribution in [-0.4, -0.2) is 33.9 Å². The van der Waals surface area contributed by atoms with Crippen molar-refractivity contribution in [3.05, 3.63) is 35.1 Å². The van der Waals surface area contributed by atoms with Crippen molar-refractivity contribution in [2.75, 3.05) is 11.9 Å². The van der Waals surface area contributed by atoms with E-state index in [9.17, 15) is 4.79 Å². The highest BCUT2D eigenvalue weighted by Crippen LogP contribution is 2.28. The maximum atomic E-state index is 12.1. The van der Waals surface area contributed by atoms with Gasteiger partial charge in [0.15, 0.2) is 0 Å². The predicted molar refractivity (Wildman–Crippen MR) is 82.8 cm³/mol. The molecule has 0 radical (unpaired) electrons. The van der Waals surface area contributed by atoms with Crippen LogP contribution in [-0.2, 0) is 4.74 Å². The Morgan fingerprint density at radius 2 is 2.18 bits per heavy atom. The quantitative estimate of drug-likeness (QED) is 0.906. The zero-order valence-electron chi connectivity index (χ0n) is 12.2. The van der Waals surface area contributed by atoms with Gasteiger partial charge in [-0.05, 0) is 37.5 Å². The van der Waals surface area contributed by atoms with Crippen LogP contribution in [0.25, 0.3) is 0 Å². The zero-order valence-corrected chi connectivity index (χ0v) is 13.0. The van der Waals surface area contributed by atoms with Crippen LogP contribution in [0.4, 0.5) is 9.93 Å². The number of amides is 2. The molecule has 0 aromatic carbocycles. The highest BCUT2D eigenvalue weighted by molar-refractivity contribution is 7.15. The fourth-order valence-electron chi connectivity index (χ4n) is 2.46. The monoisotopic (exact) mass is 319 g/mol. The summed E-state index contributed by atoms with van der Waals surface area (Å²) in [5.41, 5.74) is 1.02. The number of hydrogen-bond acceptors (Lipinski definition) is 6. The number of aryl methyl sites for hydroxylation is 1. The molecule has 3 rings (SSSR count). The Hall–Kier alpha value is -2.06. The summed E-state index contributed by atoms with van der Waals surface area (Å²) in [4.78, 5) is 16.1. The minimum Gasteiger partial charge on any atom is -0.371 e. The van der Waals surface area contributed by atoms with Gasteiger partial charge >= 0.3 is 6.03 Å². The van der Waals surface area contributed by atoms with E-state index in [0.29, 0.717) is 11.7 Å². The molecule has 1 aliphatic rings. The lowest BCUT2D eigenvalue weighted by molar-refractivity contribution is -0.00701. The molecule has 1 fully saturated rings. The number of nitrogens with one attached hydrogen (secondary N) is 2. The van der Waals surface area contributed by atoms with E-state index >= 15 is 0 Å². The number of pyridine rings is 1. The van der Waals surface area contributed by atoms with Crippen LogP contribution in [0.3, 0.4) is 0 Å². The molecule has 0 unspecified atom stereocenters. The van der Waals surface area contributed by atoms with Gasteiger partial charge in [0.1, 0.15) is 11.1 Å². The van der Waals surface area contributed by atoms with Gasteiger partial charge in [-0.1, -0.05) is 11.3 Å². The third-order valence-electron chi connectivity index (χ3n) is 3.42. The van der Waals surface area contributed by atoms with Gasteiger partial charge in [-0.3, -0.25) is 10.3 Å². The standard InChI is InChI=1S/C14H17N5O2S/c1-9-18-19-14(22-9)17-13(20)16-11-3-2-8-21-12(11)10-4-6-15-7-5-10/h4-7,11-12H,2-3,8H2,1H3,(H2,16,17,19,20)/t11-,12+/m0/s1. The van der Waals surface area contributed by atoms with Gasteiger partial charge in [0.05, 0.1) is 6.04 Å². The first kappa shape index (κ1) is 14.9. The van der Waals surface area contributed by atoms with E-state index in [0.717, 1.165) is 23.4 Å². The number of aromatic nitrogens is 3. The summed E-state index contributed by atoms with van der Waals surface area (Å²) in [5, 5.41) is 14.7. The van der Waals surface area contributed by atoms with Crippen LogP contribution in [0.1, 0.15) is 29.5 Å². The van der Waals surface area contributed by atoms with Crippen molar-refractivity contribution < 1.29 is 9.53 Å². The number of rotatable bonds is 3. The first-order chi connectivity index (χ1) is 10.7. The second-order valence-corrected chi connectivity index (χ2v) is 6.23. The third-order valence-corrected chi connectivity index (χ3v) is 4.17. The van der Waals surface area contributed by atoms with Crippen molar-refractivity contribution in [2.45, 2.75) is 31.9 Å². The first-order valence-electron chi connectivity index (χ1n) is 7.11. The molecule has 22 heavy (non-hydrogen) atoms. The van der Waals surface area contributed by atoms with Crippen molar-refractivity contribution in [3.8, 4) is 0 Å². The van der Waals surface area contributed by atoms with Crippen LogP contribution in [0.5, 0.6) is 0 Å². The van der Waals surface area contributed by atoms with E-state index in [-0.39, 0.29) is 18.2 Å². The number of nitrogens with zero attached hydrogens (tertiary/aromatic N) is 3. The topological polar surface area (TPSA) is 89.0 Å². The number of carbonyl (C=O) groups excluding carboxylic acids is 1. The van der Waals surface area contributed by atoms with Gasteiger partial charge in [0, 0.05) is 19.0 Å². The van der Waals surface area contributed by atoms with Gasteiger partial charge in [-0.2, -0.15) is 0 Å². The molecule has 0 saturated carbocycles. The summed E-state index contributed by atoms with van der Waals surface area (Å²) in [7, 11) is 0. The van der Waals surface area contributed by atoms with E-state index in [1.165, 1.54) is 11.3 Å². The van der Waals surface area contributed by atoms with Gasteiger partial charge < -0.3 is 10.1 Å². The smallest absolute Gasteiger partial charge is 0.321 e. The number of ether oxygens (including phenoxy) is 1. The summed E-state index contributed by atoms with van der Waals surface area (Å²) in [6, 6.07) is 3.46.